The fraction of sp³-hybridized carbons (Fsp3) is 0.429. The molecular formula is C21H32Cl2N2O2. The molecule has 152 valence electrons. The Hall–Kier alpha value is -1.78. The maximum Gasteiger partial charge on any atom is 0.119 e. The van der Waals surface area contributed by atoms with Gasteiger partial charge in [0.1, 0.15) is 11.5 Å². The van der Waals surface area contributed by atoms with Gasteiger partial charge in [0.2, 0.25) is 0 Å². The highest BCUT2D eigenvalue weighted by Gasteiger charge is 1.96. The summed E-state index contributed by atoms with van der Waals surface area (Å²) in [5.74, 6) is 1.80. The molecule has 0 saturated carbocycles. The van der Waals surface area contributed by atoms with Crippen molar-refractivity contribution >= 4 is 36.2 Å². The van der Waals surface area contributed by atoms with Gasteiger partial charge >= 0.3 is 0 Å². The largest absolute Gasteiger partial charge is 0.494 e. The van der Waals surface area contributed by atoms with Crippen molar-refractivity contribution in [3.63, 3.8) is 0 Å². The van der Waals surface area contributed by atoms with Gasteiger partial charge in [0.25, 0.3) is 0 Å². The van der Waals surface area contributed by atoms with E-state index in [0.717, 1.165) is 48.9 Å². The summed E-state index contributed by atoms with van der Waals surface area (Å²) in [5, 5.41) is 0. The van der Waals surface area contributed by atoms with Crippen LogP contribution in [0.4, 0.5) is 11.4 Å². The van der Waals surface area contributed by atoms with Crippen molar-refractivity contribution in [3.8, 4) is 11.5 Å². The Labute approximate surface area is 175 Å². The summed E-state index contributed by atoms with van der Waals surface area (Å²) in [7, 11) is 0. The summed E-state index contributed by atoms with van der Waals surface area (Å²) in [6.45, 7) is 1.55. The Balaban J connectivity index is 0.00000338. The molecule has 0 atom stereocenters. The standard InChI is InChI=1S/C21H30N2O2.2ClH/c22-18-8-12-20(13-9-18)24-16-6-4-2-1-3-5-7-17-25-21-14-10-19(23)11-15-21;;/h8-15H,1-7,16-17,22-23H2;2*1H. The fourth-order valence-electron chi connectivity index (χ4n) is 2.60. The third kappa shape index (κ3) is 11.5. The van der Waals surface area contributed by atoms with Gasteiger partial charge in [-0.05, 0) is 61.4 Å². The van der Waals surface area contributed by atoms with E-state index in [2.05, 4.69) is 0 Å². The Morgan fingerprint density at radius 2 is 0.778 bits per heavy atom. The molecule has 4 nitrogen and oxygen atoms in total. The molecule has 0 heterocycles. The van der Waals surface area contributed by atoms with Gasteiger partial charge in [-0.3, -0.25) is 0 Å². The topological polar surface area (TPSA) is 70.5 Å². The molecule has 0 saturated heterocycles. The number of hydrogen-bond donors (Lipinski definition) is 2. The van der Waals surface area contributed by atoms with Crippen molar-refractivity contribution in [1.82, 2.24) is 0 Å². The molecule has 0 aliphatic carbocycles. The Morgan fingerprint density at radius 3 is 1.11 bits per heavy atom. The molecule has 0 radical (unpaired) electrons. The molecule has 0 amide bonds. The second-order valence-electron chi connectivity index (χ2n) is 6.31. The average molecular weight is 415 g/mol. The lowest BCUT2D eigenvalue weighted by Crippen LogP contribution is -1.98. The van der Waals surface area contributed by atoms with Crippen LogP contribution >= 0.6 is 24.8 Å². The number of hydrogen-bond acceptors (Lipinski definition) is 4. The van der Waals surface area contributed by atoms with E-state index in [1.54, 1.807) is 0 Å². The van der Waals surface area contributed by atoms with Gasteiger partial charge in [0.15, 0.2) is 0 Å². The lowest BCUT2D eigenvalue weighted by Gasteiger charge is -2.07. The van der Waals surface area contributed by atoms with Gasteiger partial charge in [-0.2, -0.15) is 0 Å². The van der Waals surface area contributed by atoms with E-state index in [1.807, 2.05) is 48.5 Å². The maximum atomic E-state index is 5.69. The van der Waals surface area contributed by atoms with Crippen LogP contribution in [0, 0.1) is 0 Å². The normalized spacial score (nSPS) is 9.78. The number of nitrogen functional groups attached to an aromatic ring is 2. The molecule has 0 aliphatic rings. The molecule has 6 heteroatoms. The molecule has 0 aromatic heterocycles. The highest BCUT2D eigenvalue weighted by atomic mass is 35.5. The molecular weight excluding hydrogens is 383 g/mol. The summed E-state index contributed by atoms with van der Waals surface area (Å²) >= 11 is 0. The molecule has 2 rings (SSSR count). The van der Waals surface area contributed by atoms with Gasteiger partial charge in [-0.1, -0.05) is 32.1 Å². The zero-order valence-electron chi connectivity index (χ0n) is 15.8. The second-order valence-corrected chi connectivity index (χ2v) is 6.31. The first kappa shape index (κ1) is 25.2. The smallest absolute Gasteiger partial charge is 0.119 e. The van der Waals surface area contributed by atoms with E-state index >= 15 is 0 Å². The van der Waals surface area contributed by atoms with Crippen molar-refractivity contribution in [3.05, 3.63) is 48.5 Å². The van der Waals surface area contributed by atoms with Gasteiger partial charge in [0, 0.05) is 11.4 Å². The minimum atomic E-state index is 0. The first-order valence-corrected chi connectivity index (χ1v) is 9.21. The van der Waals surface area contributed by atoms with Crippen LogP contribution in [0.15, 0.2) is 48.5 Å². The van der Waals surface area contributed by atoms with Gasteiger partial charge < -0.3 is 20.9 Å². The van der Waals surface area contributed by atoms with Gasteiger partial charge in [0.05, 0.1) is 13.2 Å². The van der Waals surface area contributed by atoms with Crippen molar-refractivity contribution < 1.29 is 9.47 Å². The van der Waals surface area contributed by atoms with Crippen molar-refractivity contribution in [2.24, 2.45) is 0 Å². The molecule has 0 bridgehead atoms. The van der Waals surface area contributed by atoms with Gasteiger partial charge in [-0.25, -0.2) is 0 Å². The summed E-state index contributed by atoms with van der Waals surface area (Å²) in [6, 6.07) is 15.1. The number of halogens is 2. The molecule has 27 heavy (non-hydrogen) atoms. The Bertz CT molecular complexity index is 539. The SMILES string of the molecule is Cl.Cl.Nc1ccc(OCCCCCCCCCOc2ccc(N)cc2)cc1. The van der Waals surface area contributed by atoms with E-state index in [0.29, 0.717) is 0 Å². The quantitative estimate of drug-likeness (QED) is 0.335. The first-order valence-electron chi connectivity index (χ1n) is 9.21. The van der Waals surface area contributed by atoms with Crippen LogP contribution < -0.4 is 20.9 Å². The lowest BCUT2D eigenvalue weighted by atomic mass is 10.1. The molecule has 0 unspecified atom stereocenters. The van der Waals surface area contributed by atoms with Crippen LogP contribution in [0.25, 0.3) is 0 Å². The molecule has 0 spiro atoms. The molecule has 0 fully saturated rings. The minimum absolute atomic E-state index is 0. The van der Waals surface area contributed by atoms with E-state index in [9.17, 15) is 0 Å². The third-order valence-electron chi connectivity index (χ3n) is 4.09. The monoisotopic (exact) mass is 414 g/mol. The number of nitrogens with two attached hydrogens (primary N) is 2. The van der Waals surface area contributed by atoms with E-state index in [-0.39, 0.29) is 24.8 Å². The average Bonchev–Trinajstić information content (AvgIpc) is 2.63. The lowest BCUT2D eigenvalue weighted by molar-refractivity contribution is 0.300. The predicted octanol–water partition coefficient (Wildman–Crippen LogP) is 5.88. The second kappa shape index (κ2) is 15.3. The van der Waals surface area contributed by atoms with Crippen LogP contribution in [-0.4, -0.2) is 13.2 Å². The van der Waals surface area contributed by atoms with Crippen molar-refractivity contribution in [2.75, 3.05) is 24.7 Å². The first-order chi connectivity index (χ1) is 12.2. The number of anilines is 2. The summed E-state index contributed by atoms with van der Waals surface area (Å²) in [4.78, 5) is 0. The van der Waals surface area contributed by atoms with Crippen LogP contribution in [0.1, 0.15) is 44.9 Å². The number of benzene rings is 2. The van der Waals surface area contributed by atoms with Crippen LogP contribution in [0.5, 0.6) is 11.5 Å². The van der Waals surface area contributed by atoms with E-state index in [1.165, 1.54) is 32.1 Å². The van der Waals surface area contributed by atoms with E-state index in [4.69, 9.17) is 20.9 Å². The Kier molecular flexibility index (Phi) is 14.3. The number of rotatable bonds is 12. The third-order valence-corrected chi connectivity index (χ3v) is 4.09. The van der Waals surface area contributed by atoms with E-state index < -0.39 is 0 Å². The van der Waals surface area contributed by atoms with Crippen molar-refractivity contribution in [2.45, 2.75) is 44.9 Å². The molecule has 0 aliphatic heterocycles. The molecule has 2 aromatic rings. The highest BCUT2D eigenvalue weighted by molar-refractivity contribution is 5.85. The van der Waals surface area contributed by atoms with Crippen LogP contribution in [-0.2, 0) is 0 Å². The summed E-state index contributed by atoms with van der Waals surface area (Å²) < 4.78 is 11.4. The van der Waals surface area contributed by atoms with Crippen LogP contribution in [0.2, 0.25) is 0 Å². The Morgan fingerprint density at radius 1 is 0.481 bits per heavy atom. The minimum Gasteiger partial charge on any atom is -0.494 e. The highest BCUT2D eigenvalue weighted by Crippen LogP contribution is 2.15. The summed E-state index contributed by atoms with van der Waals surface area (Å²) in [5.41, 5.74) is 12.8. The van der Waals surface area contributed by atoms with Crippen molar-refractivity contribution in [1.29, 1.82) is 0 Å². The zero-order valence-corrected chi connectivity index (χ0v) is 17.4. The molecule has 2 aromatic carbocycles. The predicted molar refractivity (Wildman–Crippen MR) is 120 cm³/mol. The fourth-order valence-corrected chi connectivity index (χ4v) is 2.60. The maximum absolute atomic E-state index is 5.69. The zero-order chi connectivity index (χ0) is 17.7. The number of unbranched alkanes of at least 4 members (excludes halogenated alkanes) is 6. The summed E-state index contributed by atoms with van der Waals surface area (Å²) in [6.07, 6.45) is 8.46. The van der Waals surface area contributed by atoms with Gasteiger partial charge in [-0.15, -0.1) is 24.8 Å². The number of ether oxygens (including phenoxy) is 2. The molecule has 4 N–H and O–H groups in total. The van der Waals surface area contributed by atoms with Crippen LogP contribution in [0.3, 0.4) is 0 Å².